The van der Waals surface area contributed by atoms with Crippen molar-refractivity contribution in [1.82, 2.24) is 4.98 Å². The van der Waals surface area contributed by atoms with Gasteiger partial charge in [0.1, 0.15) is 0 Å². The zero-order valence-corrected chi connectivity index (χ0v) is 11.9. The number of aryl methyl sites for hydroxylation is 1. The largest absolute Gasteiger partial charge is 0.389 e. The van der Waals surface area contributed by atoms with E-state index in [-0.39, 0.29) is 5.60 Å². The summed E-state index contributed by atoms with van der Waals surface area (Å²) in [7, 11) is 0. The molecular weight excluding hydrogens is 244 g/mol. The lowest BCUT2D eigenvalue weighted by molar-refractivity contribution is -0.0612. The third kappa shape index (κ3) is 2.16. The number of aromatic nitrogens is 1. The van der Waals surface area contributed by atoms with Crippen LogP contribution in [0.5, 0.6) is 0 Å². The van der Waals surface area contributed by atoms with Crippen LogP contribution >= 0.6 is 11.3 Å². The molecule has 2 unspecified atom stereocenters. The Hall–Kier alpha value is -0.610. The van der Waals surface area contributed by atoms with E-state index in [1.54, 1.807) is 11.3 Å². The normalized spacial score (nSPS) is 32.3. The average molecular weight is 266 g/mol. The van der Waals surface area contributed by atoms with Crippen LogP contribution in [0, 0.1) is 5.92 Å². The fourth-order valence-electron chi connectivity index (χ4n) is 3.35. The third-order valence-corrected chi connectivity index (χ3v) is 5.55. The molecule has 1 saturated heterocycles. The average Bonchev–Trinajstić information content (AvgIpc) is 2.86. The lowest BCUT2D eigenvalue weighted by Gasteiger charge is -2.47. The van der Waals surface area contributed by atoms with Crippen LogP contribution in [0.4, 0.5) is 5.13 Å². The Balaban J connectivity index is 1.73. The highest BCUT2D eigenvalue weighted by Gasteiger charge is 2.43. The molecule has 3 nitrogen and oxygen atoms in total. The summed E-state index contributed by atoms with van der Waals surface area (Å²) in [4.78, 5) is 7.06. The van der Waals surface area contributed by atoms with Gasteiger partial charge in [-0.1, -0.05) is 19.8 Å². The molecule has 18 heavy (non-hydrogen) atoms. The zero-order chi connectivity index (χ0) is 12.6. The first kappa shape index (κ1) is 12.4. The molecular formula is C14H22N2OS. The van der Waals surface area contributed by atoms with E-state index < -0.39 is 0 Å². The van der Waals surface area contributed by atoms with Crippen molar-refractivity contribution in [3.05, 3.63) is 11.1 Å². The molecule has 1 aliphatic carbocycles. The SMILES string of the molecule is CCc1csc(N2CCC3(O)CCCCC3C2)n1. The van der Waals surface area contributed by atoms with E-state index in [2.05, 4.69) is 22.2 Å². The van der Waals surface area contributed by atoms with Gasteiger partial charge in [-0.25, -0.2) is 4.98 Å². The van der Waals surface area contributed by atoms with Crippen molar-refractivity contribution in [3.8, 4) is 0 Å². The minimum absolute atomic E-state index is 0.375. The Morgan fingerprint density at radius 2 is 2.39 bits per heavy atom. The summed E-state index contributed by atoms with van der Waals surface area (Å²) in [6.07, 6.45) is 6.59. The van der Waals surface area contributed by atoms with Gasteiger partial charge in [-0.15, -0.1) is 11.3 Å². The molecule has 2 atom stereocenters. The summed E-state index contributed by atoms with van der Waals surface area (Å²) in [5, 5.41) is 14.0. The summed E-state index contributed by atoms with van der Waals surface area (Å²) in [6, 6.07) is 0. The van der Waals surface area contributed by atoms with Gasteiger partial charge < -0.3 is 10.0 Å². The molecule has 0 radical (unpaired) electrons. The fraction of sp³-hybridized carbons (Fsp3) is 0.786. The number of hydrogen-bond acceptors (Lipinski definition) is 4. The van der Waals surface area contributed by atoms with Gasteiger partial charge in [-0.2, -0.15) is 0 Å². The molecule has 1 aromatic rings. The number of hydrogen-bond donors (Lipinski definition) is 1. The van der Waals surface area contributed by atoms with Crippen LogP contribution < -0.4 is 4.90 Å². The molecule has 100 valence electrons. The number of fused-ring (bicyclic) bond motifs is 1. The summed E-state index contributed by atoms with van der Waals surface area (Å²) in [5.74, 6) is 0.453. The molecule has 4 heteroatoms. The van der Waals surface area contributed by atoms with E-state index in [4.69, 9.17) is 0 Å². The van der Waals surface area contributed by atoms with Crippen LogP contribution in [-0.2, 0) is 6.42 Å². The first-order valence-corrected chi connectivity index (χ1v) is 8.01. The molecule has 0 bridgehead atoms. The first-order chi connectivity index (χ1) is 8.71. The minimum Gasteiger partial charge on any atom is -0.389 e. The van der Waals surface area contributed by atoms with Crippen LogP contribution in [0.25, 0.3) is 0 Å². The summed E-state index contributed by atoms with van der Waals surface area (Å²) in [5.41, 5.74) is 0.819. The number of thiazole rings is 1. The van der Waals surface area contributed by atoms with Crippen molar-refractivity contribution in [2.24, 2.45) is 5.92 Å². The molecule has 1 aliphatic heterocycles. The maximum absolute atomic E-state index is 10.7. The number of anilines is 1. The van der Waals surface area contributed by atoms with Gasteiger partial charge in [0.15, 0.2) is 5.13 Å². The van der Waals surface area contributed by atoms with E-state index in [1.807, 2.05) is 0 Å². The summed E-state index contributed by atoms with van der Waals surface area (Å²) >= 11 is 1.75. The first-order valence-electron chi connectivity index (χ1n) is 7.13. The van der Waals surface area contributed by atoms with Crippen LogP contribution in [0.1, 0.15) is 44.7 Å². The second kappa shape index (κ2) is 4.82. The predicted octanol–water partition coefficient (Wildman–Crippen LogP) is 2.84. The highest BCUT2D eigenvalue weighted by Crippen LogP contribution is 2.41. The molecule has 0 aromatic carbocycles. The molecule has 3 rings (SSSR count). The van der Waals surface area contributed by atoms with Crippen molar-refractivity contribution in [2.75, 3.05) is 18.0 Å². The molecule has 0 spiro atoms. The van der Waals surface area contributed by atoms with Gasteiger partial charge >= 0.3 is 0 Å². The highest BCUT2D eigenvalue weighted by atomic mass is 32.1. The number of piperidine rings is 1. The van der Waals surface area contributed by atoms with Gasteiger partial charge in [-0.05, 0) is 25.7 Å². The lowest BCUT2D eigenvalue weighted by atomic mass is 9.71. The molecule has 2 fully saturated rings. The Labute approximate surface area is 113 Å². The van der Waals surface area contributed by atoms with Gasteiger partial charge in [0.05, 0.1) is 11.3 Å². The van der Waals surface area contributed by atoms with Gasteiger partial charge in [0, 0.05) is 24.4 Å². The van der Waals surface area contributed by atoms with Crippen LogP contribution in [-0.4, -0.2) is 28.8 Å². The van der Waals surface area contributed by atoms with Crippen molar-refractivity contribution < 1.29 is 5.11 Å². The smallest absolute Gasteiger partial charge is 0.185 e. The zero-order valence-electron chi connectivity index (χ0n) is 11.1. The highest BCUT2D eigenvalue weighted by molar-refractivity contribution is 7.13. The standard InChI is InChI=1S/C14H22N2OS/c1-2-12-10-18-13(15-12)16-8-7-14(17)6-4-3-5-11(14)9-16/h10-11,17H,2-9H2,1H3. The van der Waals surface area contributed by atoms with E-state index in [9.17, 15) is 5.11 Å². The van der Waals surface area contributed by atoms with E-state index in [0.717, 1.165) is 37.5 Å². The van der Waals surface area contributed by atoms with E-state index in [0.29, 0.717) is 5.92 Å². The van der Waals surface area contributed by atoms with Crippen LogP contribution in [0.2, 0.25) is 0 Å². The van der Waals surface area contributed by atoms with E-state index in [1.165, 1.54) is 25.0 Å². The topological polar surface area (TPSA) is 36.4 Å². The van der Waals surface area contributed by atoms with Crippen molar-refractivity contribution >= 4 is 16.5 Å². The lowest BCUT2D eigenvalue weighted by Crippen LogP contribution is -2.53. The molecule has 1 saturated carbocycles. The number of rotatable bonds is 2. The van der Waals surface area contributed by atoms with Gasteiger partial charge in [-0.3, -0.25) is 0 Å². The van der Waals surface area contributed by atoms with Crippen molar-refractivity contribution in [3.63, 3.8) is 0 Å². The second-order valence-corrected chi connectivity index (χ2v) is 6.55. The maximum Gasteiger partial charge on any atom is 0.185 e. The molecule has 0 amide bonds. The molecule has 2 aliphatic rings. The monoisotopic (exact) mass is 266 g/mol. The van der Waals surface area contributed by atoms with Crippen molar-refractivity contribution in [1.29, 1.82) is 0 Å². The van der Waals surface area contributed by atoms with Crippen LogP contribution in [0.3, 0.4) is 0 Å². The Bertz CT molecular complexity index is 420. The van der Waals surface area contributed by atoms with Crippen LogP contribution in [0.15, 0.2) is 5.38 Å². The third-order valence-electron chi connectivity index (χ3n) is 4.60. The fourth-order valence-corrected chi connectivity index (χ4v) is 4.29. The molecule has 1 aromatic heterocycles. The van der Waals surface area contributed by atoms with Gasteiger partial charge in [0.2, 0.25) is 0 Å². The minimum atomic E-state index is -0.375. The second-order valence-electron chi connectivity index (χ2n) is 5.72. The molecule has 2 heterocycles. The summed E-state index contributed by atoms with van der Waals surface area (Å²) < 4.78 is 0. The summed E-state index contributed by atoms with van der Waals surface area (Å²) in [6.45, 7) is 4.10. The quantitative estimate of drug-likeness (QED) is 0.894. The number of aliphatic hydroxyl groups is 1. The predicted molar refractivity (Wildman–Crippen MR) is 75.2 cm³/mol. The maximum atomic E-state index is 10.7. The molecule has 1 N–H and O–H groups in total. The van der Waals surface area contributed by atoms with Gasteiger partial charge in [0.25, 0.3) is 0 Å². The Morgan fingerprint density at radius 1 is 1.50 bits per heavy atom. The Kier molecular flexibility index (Phi) is 3.32. The Morgan fingerprint density at radius 3 is 3.17 bits per heavy atom. The number of nitrogens with zero attached hydrogens (tertiary/aromatic N) is 2. The van der Waals surface area contributed by atoms with E-state index >= 15 is 0 Å². The van der Waals surface area contributed by atoms with Crippen molar-refractivity contribution in [2.45, 2.75) is 51.0 Å².